The first-order valence-electron chi connectivity index (χ1n) is 8.46. The van der Waals surface area contributed by atoms with E-state index in [1.165, 1.54) is 0 Å². The molecule has 122 valence electrons. The monoisotopic (exact) mass is 306 g/mol. The molecule has 5 heteroatoms. The molecular formula is C17H26N2O3. The van der Waals surface area contributed by atoms with Crippen LogP contribution in [0, 0.1) is 0 Å². The molecule has 3 heterocycles. The van der Waals surface area contributed by atoms with Crippen molar-refractivity contribution in [2.75, 3.05) is 32.8 Å². The number of carbonyl (C=O) groups excluding carboxylic acids is 1. The Morgan fingerprint density at radius 1 is 1.18 bits per heavy atom. The summed E-state index contributed by atoms with van der Waals surface area (Å²) in [6.07, 6.45) is 3.65. The lowest BCUT2D eigenvalue weighted by atomic mass is 10.2. The van der Waals surface area contributed by atoms with E-state index in [9.17, 15) is 4.79 Å². The van der Waals surface area contributed by atoms with Crippen LogP contribution < -0.4 is 0 Å². The summed E-state index contributed by atoms with van der Waals surface area (Å²) in [6.45, 7) is 7.21. The van der Waals surface area contributed by atoms with Crippen molar-refractivity contribution in [3.8, 4) is 0 Å². The predicted octanol–water partition coefficient (Wildman–Crippen LogP) is 2.06. The smallest absolute Gasteiger partial charge is 0.251 e. The zero-order valence-corrected chi connectivity index (χ0v) is 13.4. The molecule has 1 aromatic heterocycles. The molecule has 22 heavy (non-hydrogen) atoms. The molecule has 0 N–H and O–H groups in total. The van der Waals surface area contributed by atoms with Gasteiger partial charge in [-0.05, 0) is 31.4 Å². The van der Waals surface area contributed by atoms with Crippen molar-refractivity contribution in [2.24, 2.45) is 0 Å². The van der Waals surface area contributed by atoms with E-state index in [4.69, 9.17) is 9.15 Å². The third kappa shape index (κ3) is 3.70. The lowest BCUT2D eigenvalue weighted by Crippen LogP contribution is -2.41. The molecule has 0 saturated carbocycles. The van der Waals surface area contributed by atoms with E-state index in [0.717, 1.165) is 76.5 Å². The number of amides is 1. The summed E-state index contributed by atoms with van der Waals surface area (Å²) >= 11 is 0. The summed E-state index contributed by atoms with van der Waals surface area (Å²) < 4.78 is 11.3. The van der Waals surface area contributed by atoms with Crippen LogP contribution in [0.5, 0.6) is 0 Å². The van der Waals surface area contributed by atoms with Gasteiger partial charge in [0.1, 0.15) is 17.6 Å². The van der Waals surface area contributed by atoms with E-state index in [1.807, 2.05) is 4.90 Å². The first-order valence-corrected chi connectivity index (χ1v) is 8.46. The van der Waals surface area contributed by atoms with Gasteiger partial charge in [-0.2, -0.15) is 0 Å². The van der Waals surface area contributed by atoms with E-state index in [2.05, 4.69) is 24.0 Å². The lowest BCUT2D eigenvalue weighted by molar-refractivity contribution is -0.140. The molecule has 0 unspecified atom stereocenters. The number of hydrogen-bond acceptors (Lipinski definition) is 4. The molecule has 0 spiro atoms. The van der Waals surface area contributed by atoms with Gasteiger partial charge in [0, 0.05) is 39.2 Å². The number of carbonyl (C=O) groups is 1. The van der Waals surface area contributed by atoms with Crippen molar-refractivity contribution in [2.45, 2.75) is 45.3 Å². The second kappa shape index (κ2) is 7.29. The minimum absolute atomic E-state index is 0.186. The minimum atomic E-state index is -0.191. The Bertz CT molecular complexity index is 494. The van der Waals surface area contributed by atoms with E-state index < -0.39 is 0 Å². The van der Waals surface area contributed by atoms with Crippen molar-refractivity contribution in [1.29, 1.82) is 0 Å². The van der Waals surface area contributed by atoms with E-state index in [-0.39, 0.29) is 12.0 Å². The van der Waals surface area contributed by atoms with Gasteiger partial charge < -0.3 is 14.1 Å². The fourth-order valence-electron chi connectivity index (χ4n) is 3.24. The van der Waals surface area contributed by atoms with Gasteiger partial charge in [0.25, 0.3) is 5.91 Å². The minimum Gasteiger partial charge on any atom is -0.465 e. The standard InChI is InChI=1S/C17H26N2O3/c1-2-14-6-7-15(22-14)13-18-8-4-9-19(11-10-18)17(20)16-5-3-12-21-16/h6-7,16H,2-5,8-13H2,1H3/t16-/m1/s1. The predicted molar refractivity (Wildman–Crippen MR) is 83.5 cm³/mol. The first-order chi connectivity index (χ1) is 10.8. The molecule has 3 rings (SSSR count). The Morgan fingerprint density at radius 2 is 2.05 bits per heavy atom. The van der Waals surface area contributed by atoms with Gasteiger partial charge in [0.2, 0.25) is 0 Å². The zero-order chi connectivity index (χ0) is 15.4. The van der Waals surface area contributed by atoms with Crippen LogP contribution in [-0.4, -0.2) is 54.6 Å². The van der Waals surface area contributed by atoms with Crippen LogP contribution in [0.3, 0.4) is 0 Å². The number of furan rings is 1. The number of nitrogens with zero attached hydrogens (tertiary/aromatic N) is 2. The Morgan fingerprint density at radius 3 is 2.77 bits per heavy atom. The summed E-state index contributed by atoms with van der Waals surface area (Å²) in [7, 11) is 0. The summed E-state index contributed by atoms with van der Waals surface area (Å²) in [6, 6.07) is 4.12. The number of aryl methyl sites for hydroxylation is 1. The first kappa shape index (κ1) is 15.6. The number of hydrogen-bond donors (Lipinski definition) is 0. The molecular weight excluding hydrogens is 280 g/mol. The van der Waals surface area contributed by atoms with Gasteiger partial charge >= 0.3 is 0 Å². The van der Waals surface area contributed by atoms with Crippen LogP contribution in [0.15, 0.2) is 16.5 Å². The highest BCUT2D eigenvalue weighted by atomic mass is 16.5. The Balaban J connectivity index is 1.52. The van der Waals surface area contributed by atoms with Gasteiger partial charge in [-0.25, -0.2) is 0 Å². The molecule has 2 aliphatic heterocycles. The third-order valence-electron chi connectivity index (χ3n) is 4.55. The maximum atomic E-state index is 12.4. The fourth-order valence-corrected chi connectivity index (χ4v) is 3.24. The molecule has 0 aliphatic carbocycles. The quantitative estimate of drug-likeness (QED) is 0.854. The largest absolute Gasteiger partial charge is 0.465 e. The van der Waals surface area contributed by atoms with Crippen LogP contribution in [-0.2, 0) is 22.5 Å². The van der Waals surface area contributed by atoms with Crippen LogP contribution in [0.25, 0.3) is 0 Å². The Kier molecular flexibility index (Phi) is 5.16. The molecule has 1 atom stereocenters. The molecule has 0 aromatic carbocycles. The van der Waals surface area contributed by atoms with Crippen LogP contribution in [0.1, 0.15) is 37.7 Å². The highest BCUT2D eigenvalue weighted by Gasteiger charge is 2.29. The number of ether oxygens (including phenoxy) is 1. The molecule has 2 aliphatic rings. The maximum absolute atomic E-state index is 12.4. The van der Waals surface area contributed by atoms with Gasteiger partial charge in [0.05, 0.1) is 6.54 Å². The van der Waals surface area contributed by atoms with Gasteiger partial charge in [-0.1, -0.05) is 6.92 Å². The molecule has 0 bridgehead atoms. The summed E-state index contributed by atoms with van der Waals surface area (Å²) in [5.74, 6) is 2.25. The van der Waals surface area contributed by atoms with Gasteiger partial charge in [-0.15, -0.1) is 0 Å². The van der Waals surface area contributed by atoms with Gasteiger partial charge in [0.15, 0.2) is 0 Å². The molecule has 2 fully saturated rings. The van der Waals surface area contributed by atoms with Crippen molar-refractivity contribution in [3.63, 3.8) is 0 Å². The average Bonchev–Trinajstić information content (AvgIpc) is 3.16. The zero-order valence-electron chi connectivity index (χ0n) is 13.4. The topological polar surface area (TPSA) is 45.9 Å². The SMILES string of the molecule is CCc1ccc(CN2CCCN(C(=O)[C@H]3CCCO3)CC2)o1. The normalized spacial score (nSPS) is 23.7. The van der Waals surface area contributed by atoms with Gasteiger partial charge in [-0.3, -0.25) is 9.69 Å². The average molecular weight is 306 g/mol. The van der Waals surface area contributed by atoms with Crippen LogP contribution in [0.2, 0.25) is 0 Å². The van der Waals surface area contributed by atoms with Crippen molar-refractivity contribution in [1.82, 2.24) is 9.80 Å². The summed E-state index contributed by atoms with van der Waals surface area (Å²) in [5, 5.41) is 0. The van der Waals surface area contributed by atoms with Crippen molar-refractivity contribution >= 4 is 5.91 Å². The highest BCUT2D eigenvalue weighted by Crippen LogP contribution is 2.17. The molecule has 0 radical (unpaired) electrons. The van der Waals surface area contributed by atoms with Crippen molar-refractivity contribution in [3.05, 3.63) is 23.7 Å². The molecule has 5 nitrogen and oxygen atoms in total. The van der Waals surface area contributed by atoms with Crippen LogP contribution in [0.4, 0.5) is 0 Å². The second-order valence-electron chi connectivity index (χ2n) is 6.18. The summed E-state index contributed by atoms with van der Waals surface area (Å²) in [5.41, 5.74) is 0. The Labute approximate surface area is 132 Å². The van der Waals surface area contributed by atoms with Crippen LogP contribution >= 0.6 is 0 Å². The molecule has 1 aromatic rings. The lowest BCUT2D eigenvalue weighted by Gasteiger charge is -2.24. The Hall–Kier alpha value is -1.33. The number of rotatable bonds is 4. The van der Waals surface area contributed by atoms with E-state index in [1.54, 1.807) is 0 Å². The highest BCUT2D eigenvalue weighted by molar-refractivity contribution is 5.81. The maximum Gasteiger partial charge on any atom is 0.251 e. The molecule has 2 saturated heterocycles. The molecule has 1 amide bonds. The van der Waals surface area contributed by atoms with E-state index in [0.29, 0.717) is 0 Å². The summed E-state index contributed by atoms with van der Waals surface area (Å²) in [4.78, 5) is 16.8. The van der Waals surface area contributed by atoms with Crippen molar-refractivity contribution < 1.29 is 13.9 Å². The third-order valence-corrected chi connectivity index (χ3v) is 4.55. The van der Waals surface area contributed by atoms with E-state index >= 15 is 0 Å². The second-order valence-corrected chi connectivity index (χ2v) is 6.18. The fraction of sp³-hybridized carbons (Fsp3) is 0.706.